The quantitative estimate of drug-likeness (QED) is 0.190. The van der Waals surface area contributed by atoms with Gasteiger partial charge in [-0.3, -0.25) is 0 Å². The van der Waals surface area contributed by atoms with Crippen LogP contribution in [0.25, 0.3) is 49.7 Å². The van der Waals surface area contributed by atoms with E-state index in [9.17, 15) is 10.5 Å². The predicted octanol–water partition coefficient (Wildman–Crippen LogP) is 12.0. The second kappa shape index (κ2) is 11.6. The van der Waals surface area contributed by atoms with Crippen LogP contribution in [-0.4, -0.2) is 4.57 Å². The van der Waals surface area contributed by atoms with Crippen LogP contribution < -0.4 is 4.90 Å². The van der Waals surface area contributed by atoms with E-state index in [-0.39, 0.29) is 5.41 Å². The normalized spacial score (nSPS) is 13.0. The third kappa shape index (κ3) is 4.73. The third-order valence-electron chi connectivity index (χ3n) is 10.4. The van der Waals surface area contributed by atoms with E-state index in [1.54, 1.807) is 6.07 Å². The molecule has 1 aliphatic rings. The molecule has 0 bridgehead atoms. The molecular formula is C47H32N4. The molecule has 0 spiro atoms. The summed E-state index contributed by atoms with van der Waals surface area (Å²) in [5.74, 6) is 0. The number of anilines is 3. The van der Waals surface area contributed by atoms with E-state index in [2.05, 4.69) is 169 Å². The lowest BCUT2D eigenvalue weighted by Crippen LogP contribution is -2.30. The minimum atomic E-state index is -0.187. The Bertz CT molecular complexity index is 2630. The van der Waals surface area contributed by atoms with E-state index < -0.39 is 0 Å². The van der Waals surface area contributed by atoms with Gasteiger partial charge in [-0.2, -0.15) is 10.5 Å². The zero-order chi connectivity index (χ0) is 34.7. The van der Waals surface area contributed by atoms with Gasteiger partial charge in [0.25, 0.3) is 0 Å². The Balaban J connectivity index is 1.37. The average Bonchev–Trinajstić information content (AvgIpc) is 3.52. The number of fused-ring (bicyclic) bond motifs is 5. The monoisotopic (exact) mass is 652 g/mol. The fourth-order valence-electron chi connectivity index (χ4n) is 8.06. The highest BCUT2D eigenvalue weighted by atomic mass is 15.2. The molecule has 4 nitrogen and oxygen atoms in total. The van der Waals surface area contributed by atoms with E-state index in [1.165, 1.54) is 21.9 Å². The molecule has 51 heavy (non-hydrogen) atoms. The smallest absolute Gasteiger partial charge is 0.0992 e. The zero-order valence-electron chi connectivity index (χ0n) is 28.3. The Morgan fingerprint density at radius 3 is 1.47 bits per heavy atom. The second-order valence-corrected chi connectivity index (χ2v) is 13.7. The van der Waals surface area contributed by atoms with Crippen molar-refractivity contribution in [3.63, 3.8) is 0 Å². The molecule has 0 atom stereocenters. The Labute approximate surface area is 297 Å². The number of benzene rings is 7. The minimum Gasteiger partial charge on any atom is -0.310 e. The van der Waals surface area contributed by atoms with Gasteiger partial charge in [0.15, 0.2) is 0 Å². The van der Waals surface area contributed by atoms with Crippen LogP contribution in [-0.2, 0) is 5.41 Å². The van der Waals surface area contributed by atoms with Gasteiger partial charge in [0.1, 0.15) is 0 Å². The summed E-state index contributed by atoms with van der Waals surface area (Å²) in [6, 6.07) is 59.7. The van der Waals surface area contributed by atoms with Crippen molar-refractivity contribution >= 4 is 38.9 Å². The largest absolute Gasteiger partial charge is 0.310 e. The molecule has 0 unspecified atom stereocenters. The average molecular weight is 653 g/mol. The van der Waals surface area contributed by atoms with Crippen molar-refractivity contribution in [1.82, 2.24) is 4.57 Å². The summed E-state index contributed by atoms with van der Waals surface area (Å²) >= 11 is 0. The van der Waals surface area contributed by atoms with Crippen molar-refractivity contribution in [2.24, 2.45) is 0 Å². The number of hydrogen-bond acceptors (Lipinski definition) is 3. The third-order valence-corrected chi connectivity index (χ3v) is 10.4. The van der Waals surface area contributed by atoms with E-state index in [0.29, 0.717) is 11.1 Å². The van der Waals surface area contributed by atoms with Gasteiger partial charge in [0.2, 0.25) is 0 Å². The van der Waals surface area contributed by atoms with Crippen molar-refractivity contribution < 1.29 is 0 Å². The molecule has 0 fully saturated rings. The van der Waals surface area contributed by atoms with Gasteiger partial charge in [-0.05, 0) is 94.0 Å². The maximum absolute atomic E-state index is 9.84. The molecule has 9 rings (SSSR count). The van der Waals surface area contributed by atoms with E-state index in [1.807, 2.05) is 18.2 Å². The van der Waals surface area contributed by atoms with Crippen LogP contribution in [0.5, 0.6) is 0 Å². The number of rotatable bonds is 4. The number of nitrogens with zero attached hydrogens (tertiary/aromatic N) is 4. The number of nitriles is 2. The van der Waals surface area contributed by atoms with Crippen molar-refractivity contribution in [3.8, 4) is 40.1 Å². The molecule has 0 radical (unpaired) electrons. The molecular weight excluding hydrogens is 621 g/mol. The molecule has 4 heteroatoms. The van der Waals surface area contributed by atoms with E-state index >= 15 is 0 Å². The van der Waals surface area contributed by atoms with Crippen LogP contribution in [0.1, 0.15) is 36.1 Å². The highest BCUT2D eigenvalue weighted by Gasteiger charge is 2.36. The maximum Gasteiger partial charge on any atom is 0.0992 e. The molecule has 0 saturated carbocycles. The standard InChI is InChI=1S/C47H32N4/c1-47(2)41-17-7-11-21-45(41)51(46-22-12-8-18-42(46)47)36-27-34(38-14-4-3-13-37(38)33-24-31(29-48)23-32(25-33)30-49)26-35(28-36)50-43-19-9-5-15-39(43)40-16-6-10-20-44(40)50/h3-28H,1-2H3. The van der Waals surface area contributed by atoms with Gasteiger partial charge < -0.3 is 9.47 Å². The Hall–Kier alpha value is -6.88. The second-order valence-electron chi connectivity index (χ2n) is 13.7. The molecule has 1 aromatic heterocycles. The summed E-state index contributed by atoms with van der Waals surface area (Å²) in [7, 11) is 0. The Morgan fingerprint density at radius 2 is 0.922 bits per heavy atom. The summed E-state index contributed by atoms with van der Waals surface area (Å²) in [4.78, 5) is 2.41. The van der Waals surface area contributed by atoms with Crippen molar-refractivity contribution in [1.29, 1.82) is 10.5 Å². The summed E-state index contributed by atoms with van der Waals surface area (Å²) in [6.07, 6.45) is 0. The van der Waals surface area contributed by atoms with Crippen LogP contribution in [0.2, 0.25) is 0 Å². The fourth-order valence-corrected chi connectivity index (χ4v) is 8.06. The summed E-state index contributed by atoms with van der Waals surface area (Å²) in [5, 5.41) is 22.1. The van der Waals surface area contributed by atoms with E-state index in [4.69, 9.17) is 0 Å². The first kappa shape index (κ1) is 30.2. The summed E-state index contributed by atoms with van der Waals surface area (Å²) < 4.78 is 2.37. The van der Waals surface area contributed by atoms with Gasteiger partial charge in [0.05, 0.1) is 45.7 Å². The lowest BCUT2D eigenvalue weighted by atomic mass is 9.73. The van der Waals surface area contributed by atoms with Crippen LogP contribution in [0.15, 0.2) is 158 Å². The van der Waals surface area contributed by atoms with Gasteiger partial charge in [-0.1, -0.05) is 111 Å². The topological polar surface area (TPSA) is 55.8 Å². The van der Waals surface area contributed by atoms with Gasteiger partial charge in [-0.25, -0.2) is 0 Å². The van der Waals surface area contributed by atoms with Crippen molar-refractivity contribution in [2.45, 2.75) is 19.3 Å². The molecule has 0 saturated heterocycles. The molecule has 0 N–H and O–H groups in total. The molecule has 7 aromatic carbocycles. The first-order valence-electron chi connectivity index (χ1n) is 17.1. The van der Waals surface area contributed by atoms with Crippen LogP contribution >= 0.6 is 0 Å². The molecule has 0 amide bonds. The molecule has 2 heterocycles. The first-order valence-corrected chi connectivity index (χ1v) is 17.1. The highest BCUT2D eigenvalue weighted by molar-refractivity contribution is 6.09. The van der Waals surface area contributed by atoms with E-state index in [0.717, 1.165) is 56.0 Å². The lowest BCUT2D eigenvalue weighted by Gasteiger charge is -2.42. The molecule has 8 aromatic rings. The molecule has 1 aliphatic heterocycles. The van der Waals surface area contributed by atoms with Crippen LogP contribution in [0.4, 0.5) is 17.1 Å². The Morgan fingerprint density at radius 1 is 0.471 bits per heavy atom. The number of para-hydroxylation sites is 4. The van der Waals surface area contributed by atoms with Gasteiger partial charge in [-0.15, -0.1) is 0 Å². The van der Waals surface area contributed by atoms with Crippen molar-refractivity contribution in [2.75, 3.05) is 4.90 Å². The predicted molar refractivity (Wildman–Crippen MR) is 208 cm³/mol. The molecule has 240 valence electrons. The summed E-state index contributed by atoms with van der Waals surface area (Å²) in [6.45, 7) is 4.62. The lowest BCUT2D eigenvalue weighted by molar-refractivity contribution is 0.632. The molecule has 0 aliphatic carbocycles. The highest BCUT2D eigenvalue weighted by Crippen LogP contribution is 2.52. The minimum absolute atomic E-state index is 0.187. The zero-order valence-corrected chi connectivity index (χ0v) is 28.3. The van der Waals surface area contributed by atoms with Gasteiger partial charge in [0, 0.05) is 27.6 Å². The Kier molecular flexibility index (Phi) is 6.88. The van der Waals surface area contributed by atoms with Crippen LogP contribution in [0.3, 0.4) is 0 Å². The summed E-state index contributed by atoms with van der Waals surface area (Å²) in [5.41, 5.74) is 13.8. The first-order chi connectivity index (χ1) is 25.0. The number of hydrogen-bond donors (Lipinski definition) is 0. The van der Waals surface area contributed by atoms with Crippen molar-refractivity contribution in [3.05, 3.63) is 180 Å². The van der Waals surface area contributed by atoms with Gasteiger partial charge >= 0.3 is 0 Å². The SMILES string of the molecule is CC1(C)c2ccccc2N(c2cc(-c3ccccc3-c3cc(C#N)cc(C#N)c3)cc(-n3c4ccccc4c4ccccc43)c2)c2ccccc21. The fraction of sp³-hybridized carbons (Fsp3) is 0.0638. The number of aromatic nitrogens is 1. The van der Waals surface area contributed by atoms with Crippen LogP contribution in [0, 0.1) is 22.7 Å². The maximum atomic E-state index is 9.84.